The van der Waals surface area contributed by atoms with E-state index in [1.54, 1.807) is 12.1 Å². The summed E-state index contributed by atoms with van der Waals surface area (Å²) in [5.74, 6) is -3.36. The molecule has 1 heterocycles. The van der Waals surface area contributed by atoms with Gasteiger partial charge in [-0.25, -0.2) is 13.2 Å². The van der Waals surface area contributed by atoms with Gasteiger partial charge in [0.15, 0.2) is 17.9 Å². The average molecular weight is 289 g/mol. The number of rotatable bonds is 2. The molecule has 3 aromatic rings. The van der Waals surface area contributed by atoms with E-state index in [1.807, 2.05) is 13.0 Å². The van der Waals surface area contributed by atoms with Crippen molar-refractivity contribution in [2.24, 2.45) is 0 Å². The topological polar surface area (TPSA) is 32.9 Å². The van der Waals surface area contributed by atoms with Crippen LogP contribution in [-0.2, 0) is 0 Å². The molecule has 3 rings (SSSR count). The normalized spacial score (nSPS) is 11.0. The average Bonchev–Trinajstić information content (AvgIpc) is 2.82. The lowest BCUT2D eigenvalue weighted by atomic mass is 10.0. The highest BCUT2D eigenvalue weighted by Crippen LogP contribution is 2.32. The Hall–Kier alpha value is -2.56. The maximum Gasteiger partial charge on any atom is 0.161 e. The molecule has 0 fully saturated rings. The Bertz CT molecular complexity index is 868. The third-order valence-corrected chi connectivity index (χ3v) is 3.48. The first-order chi connectivity index (χ1) is 10.0. The molecule has 0 radical (unpaired) electrons. The van der Waals surface area contributed by atoms with Crippen LogP contribution in [0.4, 0.5) is 13.2 Å². The number of benzene rings is 2. The molecule has 2 nitrogen and oxygen atoms in total. The number of nitrogens with one attached hydrogen (secondary N) is 1. The van der Waals surface area contributed by atoms with Crippen molar-refractivity contribution in [2.45, 2.75) is 6.92 Å². The Labute approximate surface area is 118 Å². The predicted molar refractivity (Wildman–Crippen MR) is 73.7 cm³/mol. The Morgan fingerprint density at radius 3 is 2.48 bits per heavy atom. The smallest absolute Gasteiger partial charge is 0.161 e. The quantitative estimate of drug-likeness (QED) is 0.551. The molecular formula is C16H10F3NO. The molecule has 0 aliphatic rings. The summed E-state index contributed by atoms with van der Waals surface area (Å²) >= 11 is 0. The van der Waals surface area contributed by atoms with E-state index < -0.39 is 17.5 Å². The van der Waals surface area contributed by atoms with Crippen LogP contribution < -0.4 is 0 Å². The maximum absolute atomic E-state index is 13.9. The van der Waals surface area contributed by atoms with Gasteiger partial charge in [0.25, 0.3) is 0 Å². The van der Waals surface area contributed by atoms with Crippen molar-refractivity contribution in [1.82, 2.24) is 4.98 Å². The highest BCUT2D eigenvalue weighted by Gasteiger charge is 2.18. The van der Waals surface area contributed by atoms with Crippen molar-refractivity contribution in [3.63, 3.8) is 0 Å². The molecule has 0 saturated carbocycles. The summed E-state index contributed by atoms with van der Waals surface area (Å²) in [6.45, 7) is 1.83. The molecule has 0 bridgehead atoms. The van der Waals surface area contributed by atoms with Crippen molar-refractivity contribution in [3.8, 4) is 11.3 Å². The number of para-hydroxylation sites is 1. The largest absolute Gasteiger partial charge is 0.354 e. The summed E-state index contributed by atoms with van der Waals surface area (Å²) in [5, 5.41) is 0.615. The number of aromatic nitrogens is 1. The van der Waals surface area contributed by atoms with Gasteiger partial charge in [-0.15, -0.1) is 0 Å². The van der Waals surface area contributed by atoms with Crippen molar-refractivity contribution in [2.75, 3.05) is 0 Å². The second-order valence-electron chi connectivity index (χ2n) is 4.78. The molecule has 5 heteroatoms. The SMILES string of the molecule is Cc1cccc2c(C=O)c(-c3cc(F)c(F)cc3F)[nH]c12. The van der Waals surface area contributed by atoms with E-state index in [4.69, 9.17) is 0 Å². The molecule has 0 aliphatic heterocycles. The number of H-pyrrole nitrogens is 1. The van der Waals surface area contributed by atoms with Crippen molar-refractivity contribution < 1.29 is 18.0 Å². The van der Waals surface area contributed by atoms with Gasteiger partial charge in [-0.2, -0.15) is 0 Å². The van der Waals surface area contributed by atoms with E-state index in [-0.39, 0.29) is 16.8 Å². The number of fused-ring (bicyclic) bond motifs is 1. The van der Waals surface area contributed by atoms with Gasteiger partial charge in [0, 0.05) is 28.1 Å². The van der Waals surface area contributed by atoms with Crippen LogP contribution in [0.25, 0.3) is 22.2 Å². The van der Waals surface area contributed by atoms with Gasteiger partial charge in [-0.05, 0) is 18.6 Å². The van der Waals surface area contributed by atoms with Gasteiger partial charge in [0.2, 0.25) is 0 Å². The highest BCUT2D eigenvalue weighted by molar-refractivity contribution is 6.05. The summed E-state index contributed by atoms with van der Waals surface area (Å²) in [4.78, 5) is 14.3. The number of halogens is 3. The number of hydrogen-bond donors (Lipinski definition) is 1. The first-order valence-electron chi connectivity index (χ1n) is 6.24. The third-order valence-electron chi connectivity index (χ3n) is 3.48. The number of aromatic amines is 1. The van der Waals surface area contributed by atoms with Crippen LogP contribution in [0.15, 0.2) is 30.3 Å². The van der Waals surface area contributed by atoms with Crippen LogP contribution in [0, 0.1) is 24.4 Å². The number of aryl methyl sites for hydroxylation is 1. The first-order valence-corrected chi connectivity index (χ1v) is 6.24. The molecule has 1 aromatic heterocycles. The first kappa shape index (κ1) is 13.4. The second kappa shape index (κ2) is 4.77. The lowest BCUT2D eigenvalue weighted by Crippen LogP contribution is -1.93. The summed E-state index contributed by atoms with van der Waals surface area (Å²) < 4.78 is 40.3. The van der Waals surface area contributed by atoms with Crippen LogP contribution in [0.1, 0.15) is 15.9 Å². The Morgan fingerprint density at radius 2 is 1.76 bits per heavy atom. The molecule has 0 aliphatic carbocycles. The van der Waals surface area contributed by atoms with E-state index in [0.29, 0.717) is 23.3 Å². The van der Waals surface area contributed by atoms with Crippen molar-refractivity contribution in [1.29, 1.82) is 0 Å². The standard InChI is InChI=1S/C16H10F3NO/c1-8-3-2-4-9-11(7-21)16(20-15(8)9)10-5-13(18)14(19)6-12(10)17/h2-7,20H,1H3. The van der Waals surface area contributed by atoms with Gasteiger partial charge in [-0.1, -0.05) is 18.2 Å². The lowest BCUT2D eigenvalue weighted by Gasteiger charge is -2.03. The fourth-order valence-electron chi connectivity index (χ4n) is 2.43. The fourth-order valence-corrected chi connectivity index (χ4v) is 2.43. The highest BCUT2D eigenvalue weighted by atomic mass is 19.2. The summed E-state index contributed by atoms with van der Waals surface area (Å²) in [5.41, 5.74) is 1.72. The number of aldehydes is 1. The van der Waals surface area contributed by atoms with E-state index >= 15 is 0 Å². The van der Waals surface area contributed by atoms with Crippen LogP contribution in [0.3, 0.4) is 0 Å². The zero-order valence-corrected chi connectivity index (χ0v) is 11.0. The van der Waals surface area contributed by atoms with Crippen LogP contribution in [-0.4, -0.2) is 11.3 Å². The fraction of sp³-hybridized carbons (Fsp3) is 0.0625. The Morgan fingerprint density at radius 1 is 1.05 bits per heavy atom. The monoisotopic (exact) mass is 289 g/mol. The number of hydrogen-bond acceptors (Lipinski definition) is 1. The van der Waals surface area contributed by atoms with Crippen molar-refractivity contribution >= 4 is 17.2 Å². The molecule has 0 amide bonds. The van der Waals surface area contributed by atoms with Gasteiger partial charge in [0.1, 0.15) is 5.82 Å². The Kier molecular flexibility index (Phi) is 3.05. The molecule has 2 aromatic carbocycles. The molecule has 0 atom stereocenters. The van der Waals surface area contributed by atoms with Gasteiger partial charge in [-0.3, -0.25) is 4.79 Å². The van der Waals surface area contributed by atoms with E-state index in [0.717, 1.165) is 11.6 Å². The van der Waals surface area contributed by atoms with Crippen LogP contribution in [0.2, 0.25) is 0 Å². The predicted octanol–water partition coefficient (Wildman–Crippen LogP) is 4.37. The summed E-state index contributed by atoms with van der Waals surface area (Å²) in [6, 6.07) is 6.53. The van der Waals surface area contributed by atoms with E-state index in [9.17, 15) is 18.0 Å². The van der Waals surface area contributed by atoms with Crippen molar-refractivity contribution in [3.05, 3.63) is 58.9 Å². The molecule has 106 valence electrons. The minimum atomic E-state index is -1.27. The third kappa shape index (κ3) is 2.01. The zero-order chi connectivity index (χ0) is 15.1. The molecule has 1 N–H and O–H groups in total. The molecule has 0 spiro atoms. The molecule has 21 heavy (non-hydrogen) atoms. The molecule has 0 unspecified atom stereocenters. The van der Waals surface area contributed by atoms with E-state index in [1.165, 1.54) is 0 Å². The minimum absolute atomic E-state index is 0.144. The van der Waals surface area contributed by atoms with Crippen LogP contribution in [0.5, 0.6) is 0 Å². The summed E-state index contributed by atoms with van der Waals surface area (Å²) in [6.07, 6.45) is 0.578. The van der Waals surface area contributed by atoms with Gasteiger partial charge in [0.05, 0.1) is 5.69 Å². The lowest BCUT2D eigenvalue weighted by molar-refractivity contribution is 0.112. The molecule has 0 saturated heterocycles. The summed E-state index contributed by atoms with van der Waals surface area (Å²) in [7, 11) is 0. The minimum Gasteiger partial charge on any atom is -0.354 e. The Balaban J connectivity index is 2.38. The van der Waals surface area contributed by atoms with E-state index in [2.05, 4.69) is 4.98 Å². The second-order valence-corrected chi connectivity index (χ2v) is 4.78. The van der Waals surface area contributed by atoms with Crippen LogP contribution >= 0.6 is 0 Å². The molecular weight excluding hydrogens is 279 g/mol. The maximum atomic E-state index is 13.9. The number of carbonyl (C=O) groups excluding carboxylic acids is 1. The number of carbonyl (C=O) groups is 1. The van der Waals surface area contributed by atoms with Gasteiger partial charge < -0.3 is 4.98 Å². The zero-order valence-electron chi connectivity index (χ0n) is 11.0. The van der Waals surface area contributed by atoms with Gasteiger partial charge >= 0.3 is 0 Å².